The summed E-state index contributed by atoms with van der Waals surface area (Å²) < 4.78 is 34.3. The zero-order valence-corrected chi connectivity index (χ0v) is 17.4. The van der Waals surface area contributed by atoms with Crippen molar-refractivity contribution in [3.63, 3.8) is 0 Å². The highest BCUT2D eigenvalue weighted by molar-refractivity contribution is 7.91. The molecule has 3 N–H and O–H groups in total. The van der Waals surface area contributed by atoms with Crippen LogP contribution in [-0.4, -0.2) is 64.1 Å². The second-order valence-corrected chi connectivity index (χ2v) is 9.24. The predicted molar refractivity (Wildman–Crippen MR) is 111 cm³/mol. The third kappa shape index (κ3) is 6.52. The summed E-state index contributed by atoms with van der Waals surface area (Å²) in [6.45, 7) is 4.16. The Bertz CT molecular complexity index is 856. The SMILES string of the molecule is CCNC(=NCCC(=O)NC1CCS(=O)(=O)C1)Nc1ccc2c(c1)OCCCO2. The lowest BCUT2D eigenvalue weighted by Gasteiger charge is -2.14. The standard InChI is InChI=1S/C19H28N4O5S/c1-2-20-19(21-8-6-18(24)22-15-7-11-29(25,26)13-15)23-14-4-5-16-17(12-14)28-10-3-9-27-16/h4-5,12,15H,2-3,6-11,13H2,1H3,(H,22,24)(H2,20,21,23). The lowest BCUT2D eigenvalue weighted by molar-refractivity contribution is -0.121. The Balaban J connectivity index is 1.53. The molecule has 160 valence electrons. The van der Waals surface area contributed by atoms with Crippen molar-refractivity contribution < 1.29 is 22.7 Å². The molecule has 0 aliphatic carbocycles. The van der Waals surface area contributed by atoms with Crippen LogP contribution in [0, 0.1) is 0 Å². The number of carbonyl (C=O) groups is 1. The maximum atomic E-state index is 12.1. The smallest absolute Gasteiger partial charge is 0.222 e. The first-order valence-corrected chi connectivity index (χ1v) is 11.7. The van der Waals surface area contributed by atoms with Crippen molar-refractivity contribution in [1.29, 1.82) is 0 Å². The van der Waals surface area contributed by atoms with Crippen molar-refractivity contribution in [2.45, 2.75) is 32.2 Å². The summed E-state index contributed by atoms with van der Waals surface area (Å²) in [7, 11) is -3.01. The molecule has 1 amide bonds. The molecule has 0 spiro atoms. The van der Waals surface area contributed by atoms with Crippen LogP contribution in [0.5, 0.6) is 11.5 Å². The molecule has 1 saturated heterocycles. The van der Waals surface area contributed by atoms with Crippen LogP contribution in [0.15, 0.2) is 23.2 Å². The summed E-state index contributed by atoms with van der Waals surface area (Å²) in [4.78, 5) is 16.5. The van der Waals surface area contributed by atoms with E-state index < -0.39 is 9.84 Å². The molecular formula is C19H28N4O5S. The Labute approximate surface area is 171 Å². The molecule has 29 heavy (non-hydrogen) atoms. The minimum atomic E-state index is -3.01. The van der Waals surface area contributed by atoms with Gasteiger partial charge in [0, 0.05) is 37.2 Å². The Morgan fingerprint density at radius 2 is 2.03 bits per heavy atom. The Morgan fingerprint density at radius 1 is 1.24 bits per heavy atom. The quantitative estimate of drug-likeness (QED) is 0.459. The van der Waals surface area contributed by atoms with Gasteiger partial charge in [-0.15, -0.1) is 0 Å². The number of rotatable bonds is 6. The number of nitrogens with zero attached hydrogens (tertiary/aromatic N) is 1. The van der Waals surface area contributed by atoms with Gasteiger partial charge in [-0.25, -0.2) is 8.42 Å². The Morgan fingerprint density at radius 3 is 2.76 bits per heavy atom. The summed E-state index contributed by atoms with van der Waals surface area (Å²) in [6, 6.07) is 5.31. The van der Waals surface area contributed by atoms with Gasteiger partial charge >= 0.3 is 0 Å². The number of carbonyl (C=O) groups excluding carboxylic acids is 1. The van der Waals surface area contributed by atoms with Gasteiger partial charge in [0.2, 0.25) is 5.91 Å². The summed E-state index contributed by atoms with van der Waals surface area (Å²) in [5.41, 5.74) is 0.801. The van der Waals surface area contributed by atoms with Crippen LogP contribution in [0.2, 0.25) is 0 Å². The van der Waals surface area contributed by atoms with E-state index >= 15 is 0 Å². The minimum absolute atomic E-state index is 0.0241. The Kier molecular flexibility index (Phi) is 7.18. The molecule has 9 nitrogen and oxygen atoms in total. The molecule has 1 atom stereocenters. The molecule has 2 aliphatic rings. The van der Waals surface area contributed by atoms with Gasteiger partial charge in [0.15, 0.2) is 27.3 Å². The van der Waals surface area contributed by atoms with E-state index in [9.17, 15) is 13.2 Å². The van der Waals surface area contributed by atoms with Gasteiger partial charge < -0.3 is 25.4 Å². The van der Waals surface area contributed by atoms with Gasteiger partial charge in [-0.05, 0) is 25.5 Å². The van der Waals surface area contributed by atoms with Crippen molar-refractivity contribution in [3.8, 4) is 11.5 Å². The second-order valence-electron chi connectivity index (χ2n) is 7.02. The van der Waals surface area contributed by atoms with Crippen LogP contribution in [0.25, 0.3) is 0 Å². The summed E-state index contributed by atoms with van der Waals surface area (Å²) in [5.74, 6) is 1.94. The third-order valence-electron chi connectivity index (χ3n) is 4.56. The first-order valence-electron chi connectivity index (χ1n) is 9.90. The molecule has 0 saturated carbocycles. The lowest BCUT2D eigenvalue weighted by Crippen LogP contribution is -2.36. The van der Waals surface area contributed by atoms with E-state index in [2.05, 4.69) is 20.9 Å². The molecule has 0 bridgehead atoms. The fourth-order valence-corrected chi connectivity index (χ4v) is 4.84. The number of nitrogens with one attached hydrogen (secondary N) is 3. The molecule has 0 aromatic heterocycles. The fraction of sp³-hybridized carbons (Fsp3) is 0.579. The molecule has 1 unspecified atom stereocenters. The van der Waals surface area contributed by atoms with Gasteiger partial charge in [-0.3, -0.25) is 9.79 Å². The van der Waals surface area contributed by atoms with Crippen LogP contribution < -0.4 is 25.4 Å². The third-order valence-corrected chi connectivity index (χ3v) is 6.33. The van der Waals surface area contributed by atoms with Crippen LogP contribution >= 0.6 is 0 Å². The average Bonchev–Trinajstić information content (AvgIpc) is 2.87. The number of hydrogen-bond donors (Lipinski definition) is 3. The van der Waals surface area contributed by atoms with Gasteiger partial charge in [-0.1, -0.05) is 0 Å². The van der Waals surface area contributed by atoms with Crippen molar-refractivity contribution in [3.05, 3.63) is 18.2 Å². The summed E-state index contributed by atoms with van der Waals surface area (Å²) in [6.07, 6.45) is 1.51. The molecule has 2 heterocycles. The monoisotopic (exact) mass is 424 g/mol. The number of aliphatic imine (C=N–C) groups is 1. The van der Waals surface area contributed by atoms with Gasteiger partial charge in [0.05, 0.1) is 31.3 Å². The molecule has 3 rings (SSSR count). The summed E-state index contributed by atoms with van der Waals surface area (Å²) >= 11 is 0. The minimum Gasteiger partial charge on any atom is -0.490 e. The Hall–Kier alpha value is -2.49. The maximum absolute atomic E-state index is 12.1. The van der Waals surface area contributed by atoms with Gasteiger partial charge in [0.25, 0.3) is 0 Å². The van der Waals surface area contributed by atoms with Crippen LogP contribution in [-0.2, 0) is 14.6 Å². The molecule has 1 aromatic rings. The molecular weight excluding hydrogens is 396 g/mol. The van der Waals surface area contributed by atoms with Crippen molar-refractivity contribution in [1.82, 2.24) is 10.6 Å². The molecule has 1 aromatic carbocycles. The number of fused-ring (bicyclic) bond motifs is 1. The maximum Gasteiger partial charge on any atom is 0.222 e. The average molecular weight is 425 g/mol. The zero-order chi connectivity index (χ0) is 20.7. The normalized spacial score (nSPS) is 20.6. The van der Waals surface area contributed by atoms with E-state index in [0.717, 1.165) is 17.9 Å². The molecule has 0 radical (unpaired) electrons. The highest BCUT2D eigenvalue weighted by atomic mass is 32.2. The van der Waals surface area contributed by atoms with Crippen molar-refractivity contribution >= 4 is 27.4 Å². The van der Waals surface area contributed by atoms with E-state index in [1.165, 1.54) is 0 Å². The zero-order valence-electron chi connectivity index (χ0n) is 16.6. The first-order chi connectivity index (χ1) is 13.9. The van der Waals surface area contributed by atoms with E-state index in [4.69, 9.17) is 9.47 Å². The van der Waals surface area contributed by atoms with Crippen molar-refractivity contribution in [2.75, 3.05) is 43.1 Å². The number of anilines is 1. The predicted octanol–water partition coefficient (Wildman–Crippen LogP) is 0.919. The number of amides is 1. The molecule has 1 fully saturated rings. The molecule has 10 heteroatoms. The largest absolute Gasteiger partial charge is 0.490 e. The van der Waals surface area contributed by atoms with E-state index in [-0.39, 0.29) is 36.4 Å². The molecule has 2 aliphatic heterocycles. The topological polar surface area (TPSA) is 118 Å². The fourth-order valence-electron chi connectivity index (χ4n) is 3.16. The van der Waals surface area contributed by atoms with Crippen LogP contribution in [0.4, 0.5) is 5.69 Å². The number of hydrogen-bond acceptors (Lipinski definition) is 6. The van der Waals surface area contributed by atoms with E-state index in [0.29, 0.717) is 37.9 Å². The van der Waals surface area contributed by atoms with E-state index in [1.807, 2.05) is 25.1 Å². The summed E-state index contributed by atoms with van der Waals surface area (Å²) in [5, 5.41) is 9.11. The van der Waals surface area contributed by atoms with Crippen molar-refractivity contribution in [2.24, 2.45) is 4.99 Å². The number of benzene rings is 1. The highest BCUT2D eigenvalue weighted by Crippen LogP contribution is 2.32. The number of sulfone groups is 1. The second kappa shape index (κ2) is 9.82. The highest BCUT2D eigenvalue weighted by Gasteiger charge is 2.28. The number of ether oxygens (including phenoxy) is 2. The van der Waals surface area contributed by atoms with Crippen LogP contribution in [0.1, 0.15) is 26.2 Å². The van der Waals surface area contributed by atoms with E-state index in [1.54, 1.807) is 0 Å². The van der Waals surface area contributed by atoms with Gasteiger partial charge in [-0.2, -0.15) is 0 Å². The first kappa shape index (κ1) is 21.2. The lowest BCUT2D eigenvalue weighted by atomic mass is 10.2. The van der Waals surface area contributed by atoms with Crippen LogP contribution in [0.3, 0.4) is 0 Å². The van der Waals surface area contributed by atoms with Gasteiger partial charge in [0.1, 0.15) is 0 Å². The number of guanidine groups is 1.